The van der Waals surface area contributed by atoms with Crippen molar-refractivity contribution in [3.8, 4) is 0 Å². The van der Waals surface area contributed by atoms with Gasteiger partial charge in [-0.25, -0.2) is 10.3 Å². The van der Waals surface area contributed by atoms with Crippen LogP contribution < -0.4 is 5.48 Å². The third-order valence-electron chi connectivity index (χ3n) is 4.70. The molecule has 7 nitrogen and oxygen atoms in total. The summed E-state index contributed by atoms with van der Waals surface area (Å²) in [5.41, 5.74) is 3.40. The average molecular weight is 507 g/mol. The topological polar surface area (TPSA) is 84.9 Å². The number of benzene rings is 1. The van der Waals surface area contributed by atoms with E-state index < -0.39 is 23.8 Å². The van der Waals surface area contributed by atoms with E-state index in [4.69, 9.17) is 9.68 Å². The maximum absolute atomic E-state index is 13.1. The van der Waals surface area contributed by atoms with Crippen LogP contribution in [0.4, 0.5) is 0 Å². The van der Waals surface area contributed by atoms with Crippen molar-refractivity contribution >= 4 is 40.9 Å². The molecule has 1 heterocycles. The van der Waals surface area contributed by atoms with Crippen LogP contribution in [0.3, 0.4) is 0 Å². The molecule has 186 valence electrons. The number of thiophene rings is 1. The van der Waals surface area contributed by atoms with Crippen molar-refractivity contribution in [1.29, 1.82) is 0 Å². The Morgan fingerprint density at radius 2 is 1.76 bits per heavy atom. The number of thioether (sulfide) groups is 1. The van der Waals surface area contributed by atoms with Gasteiger partial charge in [0.05, 0.1) is 16.7 Å². The van der Waals surface area contributed by atoms with Crippen molar-refractivity contribution in [3.05, 3.63) is 53.4 Å². The molecular weight excluding hydrogens is 472 g/mol. The fourth-order valence-electron chi connectivity index (χ4n) is 2.86. The zero-order chi connectivity index (χ0) is 24.9. The average Bonchev–Trinajstić information content (AvgIpc) is 3.33. The molecule has 1 atom stereocenters. The highest BCUT2D eigenvalue weighted by molar-refractivity contribution is 8.01. The number of hydroxylamine groups is 3. The molecule has 0 aliphatic heterocycles. The number of rotatable bonds is 13. The highest BCUT2D eigenvalue weighted by atomic mass is 32.2. The molecule has 2 aromatic rings. The summed E-state index contributed by atoms with van der Waals surface area (Å²) in [6.45, 7) is 7.59. The summed E-state index contributed by atoms with van der Waals surface area (Å²) >= 11 is 2.96. The number of carbonyl (C=O) groups is 3. The van der Waals surface area contributed by atoms with E-state index >= 15 is 0 Å². The van der Waals surface area contributed by atoms with Crippen LogP contribution in [0.1, 0.15) is 52.5 Å². The Balaban J connectivity index is 2.17. The summed E-state index contributed by atoms with van der Waals surface area (Å²) in [5, 5.41) is 2.89. The van der Waals surface area contributed by atoms with Gasteiger partial charge >= 0.3 is 5.97 Å². The van der Waals surface area contributed by atoms with Gasteiger partial charge in [0.15, 0.2) is 6.04 Å². The molecule has 9 heteroatoms. The predicted octanol–water partition coefficient (Wildman–Crippen LogP) is 5.02. The maximum atomic E-state index is 13.1. The van der Waals surface area contributed by atoms with E-state index in [0.717, 1.165) is 14.8 Å². The zero-order valence-electron chi connectivity index (χ0n) is 20.2. The van der Waals surface area contributed by atoms with Gasteiger partial charge in [-0.1, -0.05) is 50.2 Å². The summed E-state index contributed by atoms with van der Waals surface area (Å²) in [5.74, 6) is -1.00. The van der Waals surface area contributed by atoms with Crippen molar-refractivity contribution in [2.75, 3.05) is 5.75 Å². The highest BCUT2D eigenvalue weighted by Gasteiger charge is 2.34. The van der Waals surface area contributed by atoms with Crippen molar-refractivity contribution in [1.82, 2.24) is 10.5 Å². The van der Waals surface area contributed by atoms with Crippen LogP contribution in [0.5, 0.6) is 0 Å². The summed E-state index contributed by atoms with van der Waals surface area (Å²) in [7, 11) is 0. The molecule has 0 saturated heterocycles. The molecule has 2 amide bonds. The molecule has 0 radical (unpaired) electrons. The molecule has 0 fully saturated rings. The summed E-state index contributed by atoms with van der Waals surface area (Å²) in [6, 6.07) is 12.4. The number of amides is 2. The molecule has 0 saturated carbocycles. The van der Waals surface area contributed by atoms with Gasteiger partial charge in [0.25, 0.3) is 11.8 Å². The molecule has 0 aliphatic carbocycles. The minimum atomic E-state index is -1.04. The minimum absolute atomic E-state index is 0.0902. The Morgan fingerprint density at radius 1 is 1.03 bits per heavy atom. The van der Waals surface area contributed by atoms with Gasteiger partial charge in [0.2, 0.25) is 0 Å². The van der Waals surface area contributed by atoms with Crippen molar-refractivity contribution in [2.45, 2.75) is 69.7 Å². The van der Waals surface area contributed by atoms with E-state index in [-0.39, 0.29) is 30.6 Å². The Labute approximate surface area is 210 Å². The molecule has 0 bridgehead atoms. The SMILES string of the molecule is CC(C)CCC(=O)N(OC(=O)CCc1ccccc1)[C@H](CSc1cccs1)C(=O)NOC(C)C. The lowest BCUT2D eigenvalue weighted by atomic mass is 10.1. The van der Waals surface area contributed by atoms with Gasteiger partial charge in [-0.05, 0) is 49.6 Å². The first-order valence-corrected chi connectivity index (χ1v) is 13.3. The molecule has 1 aromatic heterocycles. The number of nitrogens with zero attached hydrogens (tertiary/aromatic N) is 1. The Morgan fingerprint density at radius 3 is 2.38 bits per heavy atom. The number of carbonyl (C=O) groups excluding carboxylic acids is 3. The van der Waals surface area contributed by atoms with Gasteiger partial charge in [-0.3, -0.25) is 14.4 Å². The number of nitrogens with one attached hydrogen (secondary N) is 1. The first-order valence-electron chi connectivity index (χ1n) is 11.4. The molecule has 2 rings (SSSR count). The third kappa shape index (κ3) is 10.3. The second-order valence-electron chi connectivity index (χ2n) is 8.49. The van der Waals surface area contributed by atoms with Crippen molar-refractivity contribution in [3.63, 3.8) is 0 Å². The maximum Gasteiger partial charge on any atom is 0.332 e. The van der Waals surface area contributed by atoms with Crippen molar-refractivity contribution in [2.24, 2.45) is 5.92 Å². The summed E-state index contributed by atoms with van der Waals surface area (Å²) < 4.78 is 0.993. The standard InChI is InChI=1S/C25H34N2O5S2/c1-18(2)12-14-22(28)27(32-23(29)15-13-20-9-6-5-7-10-20)21(25(30)26-31-19(3)4)17-34-24-11-8-16-33-24/h5-11,16,18-19,21H,12-15,17H2,1-4H3,(H,26,30)/t21-/m1/s1. The largest absolute Gasteiger partial charge is 0.337 e. The first kappa shape index (κ1) is 27.9. The Kier molecular flexibility index (Phi) is 12.1. The van der Waals surface area contributed by atoms with Gasteiger partial charge in [0.1, 0.15) is 0 Å². The van der Waals surface area contributed by atoms with Crippen LogP contribution >= 0.6 is 23.1 Å². The van der Waals surface area contributed by atoms with Crippen LogP contribution in [0.2, 0.25) is 0 Å². The Hall–Kier alpha value is -2.36. The lowest BCUT2D eigenvalue weighted by molar-refractivity contribution is -0.208. The summed E-state index contributed by atoms with van der Waals surface area (Å²) in [6.07, 6.45) is 1.11. The van der Waals surface area contributed by atoms with Gasteiger partial charge < -0.3 is 4.84 Å². The first-order chi connectivity index (χ1) is 16.3. The van der Waals surface area contributed by atoms with Gasteiger partial charge in [-0.15, -0.1) is 23.1 Å². The Bertz CT molecular complexity index is 888. The normalized spacial score (nSPS) is 11.9. The molecule has 1 N–H and O–H groups in total. The second kappa shape index (κ2) is 14.8. The molecule has 34 heavy (non-hydrogen) atoms. The molecule has 0 unspecified atom stereocenters. The van der Waals surface area contributed by atoms with Gasteiger partial charge in [-0.2, -0.15) is 5.06 Å². The van der Waals surface area contributed by atoms with Crippen LogP contribution in [-0.2, 0) is 30.5 Å². The van der Waals surface area contributed by atoms with Crippen LogP contribution in [0, 0.1) is 5.92 Å². The molecule has 0 aliphatic rings. The number of hydrogen-bond acceptors (Lipinski definition) is 7. The fraction of sp³-hybridized carbons (Fsp3) is 0.480. The predicted molar refractivity (Wildman–Crippen MR) is 135 cm³/mol. The van der Waals surface area contributed by atoms with E-state index in [1.54, 1.807) is 13.8 Å². The number of hydrogen-bond donors (Lipinski definition) is 1. The van der Waals surface area contributed by atoms with E-state index in [0.29, 0.717) is 12.8 Å². The third-order valence-corrected chi connectivity index (χ3v) is 6.91. The fourth-order valence-corrected chi connectivity index (χ4v) is 4.73. The lowest BCUT2D eigenvalue weighted by Gasteiger charge is -2.29. The van der Waals surface area contributed by atoms with E-state index in [1.165, 1.54) is 23.1 Å². The summed E-state index contributed by atoms with van der Waals surface area (Å²) in [4.78, 5) is 49.7. The van der Waals surface area contributed by atoms with Crippen LogP contribution in [-0.4, -0.2) is 40.7 Å². The highest BCUT2D eigenvalue weighted by Crippen LogP contribution is 2.26. The van der Waals surface area contributed by atoms with E-state index in [1.807, 2.05) is 61.7 Å². The van der Waals surface area contributed by atoms with E-state index in [2.05, 4.69) is 5.48 Å². The quantitative estimate of drug-likeness (QED) is 0.303. The minimum Gasteiger partial charge on any atom is -0.337 e. The lowest BCUT2D eigenvalue weighted by Crippen LogP contribution is -2.52. The smallest absolute Gasteiger partial charge is 0.332 e. The second-order valence-corrected chi connectivity index (χ2v) is 10.8. The molecule has 0 spiro atoms. The zero-order valence-corrected chi connectivity index (χ0v) is 21.8. The van der Waals surface area contributed by atoms with E-state index in [9.17, 15) is 14.4 Å². The monoisotopic (exact) mass is 506 g/mol. The van der Waals surface area contributed by atoms with Crippen LogP contribution in [0.15, 0.2) is 52.1 Å². The molecule has 1 aromatic carbocycles. The van der Waals surface area contributed by atoms with Crippen molar-refractivity contribution < 1.29 is 24.1 Å². The number of aryl methyl sites for hydroxylation is 1. The van der Waals surface area contributed by atoms with Gasteiger partial charge in [0, 0.05) is 12.2 Å². The van der Waals surface area contributed by atoms with Crippen LogP contribution in [0.25, 0.3) is 0 Å². The molecular formula is C25H34N2O5S2.